The average Bonchev–Trinajstić information content (AvgIpc) is 2.63. The van der Waals surface area contributed by atoms with Gasteiger partial charge in [-0.2, -0.15) is 0 Å². The van der Waals surface area contributed by atoms with Gasteiger partial charge in [-0.1, -0.05) is 48.9 Å². The minimum Gasteiger partial charge on any atom is -0.478 e. The van der Waals surface area contributed by atoms with Gasteiger partial charge in [0.15, 0.2) is 5.78 Å². The third-order valence-electron chi connectivity index (χ3n) is 4.25. The number of nitrogens with zero attached hydrogens (tertiary/aromatic N) is 1. The lowest BCUT2D eigenvalue weighted by atomic mass is 10.0. The van der Waals surface area contributed by atoms with Gasteiger partial charge in [0.05, 0.1) is 0 Å². The Bertz CT molecular complexity index is 616. The second-order valence-corrected chi connectivity index (χ2v) is 6.06. The van der Waals surface area contributed by atoms with Crippen LogP contribution in [0, 0.1) is 0 Å². The second-order valence-electron chi connectivity index (χ2n) is 6.06. The van der Waals surface area contributed by atoms with Crippen molar-refractivity contribution in [1.29, 1.82) is 0 Å². The van der Waals surface area contributed by atoms with E-state index in [0.29, 0.717) is 13.2 Å². The maximum Gasteiger partial charge on any atom is 0.167 e. The lowest BCUT2D eigenvalue weighted by Gasteiger charge is -2.26. The number of carbonyl (C=O) groups is 1. The van der Waals surface area contributed by atoms with Crippen molar-refractivity contribution in [1.82, 2.24) is 4.90 Å². The molecule has 1 heterocycles. The van der Waals surface area contributed by atoms with Gasteiger partial charge >= 0.3 is 0 Å². The standard InChI is InChI=1S/C20H23NO2/c22-20(18-7-3-1-4-8-18)15-17-9-11-19(12-10-17)23-16-21-13-5-2-6-14-21/h1,3-4,7-12H,2,5-6,13-16H2. The quantitative estimate of drug-likeness (QED) is 0.757. The van der Waals surface area contributed by atoms with Crippen LogP contribution < -0.4 is 4.74 Å². The summed E-state index contributed by atoms with van der Waals surface area (Å²) in [6.45, 7) is 2.91. The molecule has 0 radical (unpaired) electrons. The van der Waals surface area contributed by atoms with Crippen LogP contribution in [0.3, 0.4) is 0 Å². The van der Waals surface area contributed by atoms with E-state index in [2.05, 4.69) is 4.90 Å². The van der Waals surface area contributed by atoms with Gasteiger partial charge in [0.1, 0.15) is 12.5 Å². The van der Waals surface area contributed by atoms with Gasteiger partial charge < -0.3 is 4.74 Å². The van der Waals surface area contributed by atoms with Crippen molar-refractivity contribution in [2.75, 3.05) is 19.8 Å². The average molecular weight is 309 g/mol. The first-order valence-electron chi connectivity index (χ1n) is 8.33. The molecule has 0 unspecified atom stereocenters. The number of piperidine rings is 1. The summed E-state index contributed by atoms with van der Waals surface area (Å²) in [6, 6.07) is 17.3. The van der Waals surface area contributed by atoms with Gasteiger partial charge in [-0.3, -0.25) is 9.69 Å². The van der Waals surface area contributed by atoms with Crippen molar-refractivity contribution in [3.8, 4) is 5.75 Å². The summed E-state index contributed by atoms with van der Waals surface area (Å²) in [6.07, 6.45) is 4.30. The van der Waals surface area contributed by atoms with Crippen LogP contribution in [0.1, 0.15) is 35.2 Å². The molecule has 23 heavy (non-hydrogen) atoms. The van der Waals surface area contributed by atoms with Crippen molar-refractivity contribution in [3.63, 3.8) is 0 Å². The highest BCUT2D eigenvalue weighted by molar-refractivity contribution is 5.97. The maximum absolute atomic E-state index is 12.2. The Morgan fingerprint density at radius 3 is 2.30 bits per heavy atom. The molecule has 3 heteroatoms. The summed E-state index contributed by atoms with van der Waals surface area (Å²) in [4.78, 5) is 14.5. The fourth-order valence-corrected chi connectivity index (χ4v) is 2.87. The lowest BCUT2D eigenvalue weighted by molar-refractivity contribution is 0.0992. The molecule has 1 aliphatic heterocycles. The van der Waals surface area contributed by atoms with E-state index < -0.39 is 0 Å². The Hall–Kier alpha value is -2.13. The molecule has 2 aromatic carbocycles. The number of carbonyl (C=O) groups excluding carboxylic acids is 1. The van der Waals surface area contributed by atoms with E-state index in [9.17, 15) is 4.79 Å². The highest BCUT2D eigenvalue weighted by Gasteiger charge is 2.10. The van der Waals surface area contributed by atoms with Crippen molar-refractivity contribution in [2.24, 2.45) is 0 Å². The Kier molecular flexibility index (Phi) is 5.43. The van der Waals surface area contributed by atoms with Gasteiger partial charge in [-0.15, -0.1) is 0 Å². The molecule has 0 atom stereocenters. The minimum atomic E-state index is 0.146. The normalized spacial score (nSPS) is 15.3. The van der Waals surface area contributed by atoms with E-state index in [1.165, 1.54) is 19.3 Å². The summed E-state index contributed by atoms with van der Waals surface area (Å²) in [7, 11) is 0. The molecule has 3 rings (SSSR count). The number of hydrogen-bond acceptors (Lipinski definition) is 3. The van der Waals surface area contributed by atoms with Crippen LogP contribution in [0.25, 0.3) is 0 Å². The van der Waals surface area contributed by atoms with E-state index in [0.717, 1.165) is 30.0 Å². The van der Waals surface area contributed by atoms with Crippen LogP contribution in [-0.4, -0.2) is 30.5 Å². The van der Waals surface area contributed by atoms with Crippen LogP contribution >= 0.6 is 0 Å². The van der Waals surface area contributed by atoms with Crippen molar-refractivity contribution < 1.29 is 9.53 Å². The third kappa shape index (κ3) is 4.67. The Balaban J connectivity index is 1.51. The number of likely N-dealkylation sites (tertiary alicyclic amines) is 1. The first-order valence-corrected chi connectivity index (χ1v) is 8.33. The van der Waals surface area contributed by atoms with Crippen molar-refractivity contribution in [3.05, 3.63) is 65.7 Å². The molecular weight excluding hydrogens is 286 g/mol. The van der Waals surface area contributed by atoms with E-state index in [-0.39, 0.29) is 5.78 Å². The summed E-state index contributed by atoms with van der Waals surface area (Å²) >= 11 is 0. The fourth-order valence-electron chi connectivity index (χ4n) is 2.87. The number of rotatable bonds is 6. The van der Waals surface area contributed by atoms with E-state index >= 15 is 0 Å². The van der Waals surface area contributed by atoms with Gasteiger partial charge in [0.25, 0.3) is 0 Å². The first kappa shape index (κ1) is 15.8. The molecular formula is C20H23NO2. The molecule has 1 aliphatic rings. The Morgan fingerprint density at radius 1 is 0.913 bits per heavy atom. The van der Waals surface area contributed by atoms with E-state index in [4.69, 9.17) is 4.74 Å². The fraction of sp³-hybridized carbons (Fsp3) is 0.350. The molecule has 0 bridgehead atoms. The summed E-state index contributed by atoms with van der Waals surface area (Å²) in [5.41, 5.74) is 1.78. The highest BCUT2D eigenvalue weighted by atomic mass is 16.5. The van der Waals surface area contributed by atoms with Crippen molar-refractivity contribution >= 4 is 5.78 Å². The molecule has 0 N–H and O–H groups in total. The summed E-state index contributed by atoms with van der Waals surface area (Å²) in [5, 5.41) is 0. The van der Waals surface area contributed by atoms with Gasteiger partial charge in [-0.05, 0) is 30.5 Å². The molecule has 120 valence electrons. The van der Waals surface area contributed by atoms with Crippen LogP contribution in [0.4, 0.5) is 0 Å². The van der Waals surface area contributed by atoms with Crippen LogP contribution in [-0.2, 0) is 6.42 Å². The monoisotopic (exact) mass is 309 g/mol. The predicted molar refractivity (Wildman–Crippen MR) is 91.8 cm³/mol. The zero-order chi connectivity index (χ0) is 15.9. The number of ketones is 1. The smallest absolute Gasteiger partial charge is 0.167 e. The number of hydrogen-bond donors (Lipinski definition) is 0. The molecule has 1 saturated heterocycles. The van der Waals surface area contributed by atoms with Crippen LogP contribution in [0.15, 0.2) is 54.6 Å². The maximum atomic E-state index is 12.2. The zero-order valence-electron chi connectivity index (χ0n) is 13.4. The second kappa shape index (κ2) is 7.93. The van der Waals surface area contributed by atoms with Gasteiger partial charge in [0.2, 0.25) is 0 Å². The molecule has 0 aliphatic carbocycles. The Labute approximate surface area is 137 Å². The number of Topliss-reactive ketones (excluding diaryl/α,β-unsaturated/α-hetero) is 1. The first-order chi connectivity index (χ1) is 11.3. The van der Waals surface area contributed by atoms with Crippen LogP contribution in [0.5, 0.6) is 5.75 Å². The summed E-state index contributed by atoms with van der Waals surface area (Å²) < 4.78 is 5.83. The van der Waals surface area contributed by atoms with E-state index in [1.807, 2.05) is 54.6 Å². The highest BCUT2D eigenvalue weighted by Crippen LogP contribution is 2.16. The third-order valence-corrected chi connectivity index (χ3v) is 4.25. The van der Waals surface area contributed by atoms with E-state index in [1.54, 1.807) is 0 Å². The van der Waals surface area contributed by atoms with Crippen molar-refractivity contribution in [2.45, 2.75) is 25.7 Å². The SMILES string of the molecule is O=C(Cc1ccc(OCN2CCCCC2)cc1)c1ccccc1. The molecule has 2 aromatic rings. The predicted octanol–water partition coefficient (Wildman–Crippen LogP) is 3.93. The van der Waals surface area contributed by atoms with Gasteiger partial charge in [-0.25, -0.2) is 0 Å². The topological polar surface area (TPSA) is 29.5 Å². The van der Waals surface area contributed by atoms with Gasteiger partial charge in [0, 0.05) is 25.1 Å². The molecule has 0 aromatic heterocycles. The summed E-state index contributed by atoms with van der Waals surface area (Å²) in [5.74, 6) is 1.01. The molecule has 0 spiro atoms. The molecule has 3 nitrogen and oxygen atoms in total. The molecule has 1 fully saturated rings. The number of benzene rings is 2. The zero-order valence-corrected chi connectivity index (χ0v) is 13.4. The Morgan fingerprint density at radius 2 is 1.61 bits per heavy atom. The number of ether oxygens (including phenoxy) is 1. The lowest BCUT2D eigenvalue weighted by Crippen LogP contribution is -2.33. The van der Waals surface area contributed by atoms with Crippen LogP contribution in [0.2, 0.25) is 0 Å². The minimum absolute atomic E-state index is 0.146. The molecule has 0 amide bonds. The largest absolute Gasteiger partial charge is 0.478 e. The molecule has 0 saturated carbocycles.